The van der Waals surface area contributed by atoms with Crippen molar-refractivity contribution in [2.45, 2.75) is 26.6 Å². The van der Waals surface area contributed by atoms with Crippen LogP contribution in [0.25, 0.3) is 10.9 Å². The number of fused-ring (bicyclic) bond motifs is 1. The zero-order valence-electron chi connectivity index (χ0n) is 16.1. The van der Waals surface area contributed by atoms with E-state index in [-0.39, 0.29) is 0 Å². The molecule has 0 aliphatic rings. The average molecular weight is 371 g/mol. The molecule has 0 radical (unpaired) electrons. The minimum Gasteiger partial charge on any atom is -0.375 e. The second-order valence-corrected chi connectivity index (χ2v) is 6.91. The Morgan fingerprint density at radius 1 is 0.929 bits per heavy atom. The van der Waals surface area contributed by atoms with Crippen LogP contribution in [0.15, 0.2) is 79.0 Å². The van der Waals surface area contributed by atoms with E-state index in [1.807, 2.05) is 30.5 Å². The number of benzene rings is 2. The van der Waals surface area contributed by atoms with Gasteiger partial charge in [0.1, 0.15) is 0 Å². The lowest BCUT2D eigenvalue weighted by Gasteiger charge is -2.13. The monoisotopic (exact) mass is 371 g/mol. The molecule has 4 nitrogen and oxygen atoms in total. The lowest BCUT2D eigenvalue weighted by Crippen LogP contribution is -2.10. The molecule has 0 saturated carbocycles. The van der Waals surface area contributed by atoms with Crippen LogP contribution >= 0.6 is 0 Å². The number of pyridine rings is 1. The van der Waals surface area contributed by atoms with E-state index < -0.39 is 0 Å². The molecule has 0 atom stereocenters. The van der Waals surface area contributed by atoms with Crippen molar-refractivity contribution < 1.29 is 4.74 Å². The number of aromatic nitrogens is 2. The summed E-state index contributed by atoms with van der Waals surface area (Å²) < 4.78 is 8.20. The number of nitrogens with one attached hydrogen (secondary N) is 1. The SMILES string of the molecule is Cc1cc2ccnc(NCc3ccccc3)c2n1CCOCc1ccccc1. The van der Waals surface area contributed by atoms with Gasteiger partial charge in [-0.05, 0) is 30.2 Å². The van der Waals surface area contributed by atoms with E-state index in [4.69, 9.17) is 4.74 Å². The molecule has 0 fully saturated rings. The summed E-state index contributed by atoms with van der Waals surface area (Å²) in [6, 6.07) is 24.9. The van der Waals surface area contributed by atoms with E-state index in [0.717, 1.165) is 24.4 Å². The Balaban J connectivity index is 1.47. The fourth-order valence-electron chi connectivity index (χ4n) is 3.47. The van der Waals surface area contributed by atoms with Crippen molar-refractivity contribution in [1.29, 1.82) is 0 Å². The van der Waals surface area contributed by atoms with Crippen molar-refractivity contribution >= 4 is 16.7 Å². The molecule has 0 spiro atoms. The average Bonchev–Trinajstić information content (AvgIpc) is 3.07. The first-order chi connectivity index (χ1) is 13.8. The van der Waals surface area contributed by atoms with Crippen molar-refractivity contribution in [3.63, 3.8) is 0 Å². The summed E-state index contributed by atoms with van der Waals surface area (Å²) in [6.07, 6.45) is 1.87. The molecule has 2 aromatic heterocycles. The third-order valence-electron chi connectivity index (χ3n) is 4.89. The molecule has 0 aliphatic carbocycles. The molecule has 0 unspecified atom stereocenters. The Labute approximate surface area is 165 Å². The van der Waals surface area contributed by atoms with E-state index in [0.29, 0.717) is 13.2 Å². The highest BCUT2D eigenvalue weighted by Crippen LogP contribution is 2.25. The number of rotatable bonds is 8. The number of hydrogen-bond acceptors (Lipinski definition) is 3. The molecular weight excluding hydrogens is 346 g/mol. The van der Waals surface area contributed by atoms with Gasteiger partial charge < -0.3 is 14.6 Å². The van der Waals surface area contributed by atoms with E-state index in [2.05, 4.69) is 70.3 Å². The smallest absolute Gasteiger partial charge is 0.150 e. The fourth-order valence-corrected chi connectivity index (χ4v) is 3.47. The van der Waals surface area contributed by atoms with Crippen LogP contribution in [0.4, 0.5) is 5.82 Å². The van der Waals surface area contributed by atoms with Crippen molar-refractivity contribution in [2.24, 2.45) is 0 Å². The maximum atomic E-state index is 5.90. The molecule has 4 rings (SSSR count). The topological polar surface area (TPSA) is 39.1 Å². The number of ether oxygens (including phenoxy) is 1. The molecule has 1 N–H and O–H groups in total. The Hall–Kier alpha value is -3.11. The molecule has 28 heavy (non-hydrogen) atoms. The Kier molecular flexibility index (Phi) is 5.69. The zero-order chi connectivity index (χ0) is 19.2. The molecule has 142 valence electrons. The van der Waals surface area contributed by atoms with Crippen LogP contribution in [-0.4, -0.2) is 16.2 Å². The Bertz CT molecular complexity index is 1030. The summed E-state index contributed by atoms with van der Waals surface area (Å²) in [4.78, 5) is 4.60. The highest BCUT2D eigenvalue weighted by molar-refractivity contribution is 5.90. The predicted octanol–water partition coefficient (Wildman–Crippen LogP) is 5.17. The second kappa shape index (κ2) is 8.72. The third kappa shape index (κ3) is 4.24. The van der Waals surface area contributed by atoms with Crippen LogP contribution < -0.4 is 5.32 Å². The highest BCUT2D eigenvalue weighted by atomic mass is 16.5. The van der Waals surface area contributed by atoms with Crippen LogP contribution in [0.5, 0.6) is 0 Å². The minimum atomic E-state index is 0.635. The largest absolute Gasteiger partial charge is 0.375 e. The number of hydrogen-bond donors (Lipinski definition) is 1. The quantitative estimate of drug-likeness (QED) is 0.434. The van der Waals surface area contributed by atoms with Crippen molar-refractivity contribution in [1.82, 2.24) is 9.55 Å². The van der Waals surface area contributed by atoms with Crippen LogP contribution in [0.3, 0.4) is 0 Å². The van der Waals surface area contributed by atoms with Gasteiger partial charge in [-0.1, -0.05) is 60.7 Å². The van der Waals surface area contributed by atoms with E-state index >= 15 is 0 Å². The number of nitrogens with zero attached hydrogens (tertiary/aromatic N) is 2. The molecule has 0 aliphatic heterocycles. The number of anilines is 1. The number of aryl methyl sites for hydroxylation is 1. The summed E-state index contributed by atoms with van der Waals surface area (Å²) in [5.41, 5.74) is 4.79. The van der Waals surface area contributed by atoms with Gasteiger partial charge in [0, 0.05) is 30.4 Å². The van der Waals surface area contributed by atoms with Gasteiger partial charge in [0.25, 0.3) is 0 Å². The van der Waals surface area contributed by atoms with Gasteiger partial charge in [0.15, 0.2) is 5.82 Å². The summed E-state index contributed by atoms with van der Waals surface area (Å²) in [6.45, 7) is 4.98. The summed E-state index contributed by atoms with van der Waals surface area (Å²) in [5.74, 6) is 0.914. The van der Waals surface area contributed by atoms with Crippen LogP contribution in [0.1, 0.15) is 16.8 Å². The van der Waals surface area contributed by atoms with Gasteiger partial charge in [0.2, 0.25) is 0 Å². The first-order valence-electron chi connectivity index (χ1n) is 9.65. The molecule has 4 aromatic rings. The summed E-state index contributed by atoms with van der Waals surface area (Å²) in [5, 5.41) is 4.70. The van der Waals surface area contributed by atoms with Crippen molar-refractivity contribution in [2.75, 3.05) is 11.9 Å². The van der Waals surface area contributed by atoms with E-state index in [9.17, 15) is 0 Å². The summed E-state index contributed by atoms with van der Waals surface area (Å²) in [7, 11) is 0. The zero-order valence-corrected chi connectivity index (χ0v) is 16.1. The van der Waals surface area contributed by atoms with Gasteiger partial charge >= 0.3 is 0 Å². The molecule has 0 saturated heterocycles. The molecule has 0 bridgehead atoms. The summed E-state index contributed by atoms with van der Waals surface area (Å²) >= 11 is 0. The van der Waals surface area contributed by atoms with Crippen LogP contribution in [-0.2, 0) is 24.4 Å². The lowest BCUT2D eigenvalue weighted by atomic mass is 10.2. The molecule has 0 amide bonds. The molecule has 2 heterocycles. The highest BCUT2D eigenvalue weighted by Gasteiger charge is 2.11. The molecule has 4 heteroatoms. The predicted molar refractivity (Wildman–Crippen MR) is 114 cm³/mol. The van der Waals surface area contributed by atoms with Gasteiger partial charge in [-0.2, -0.15) is 0 Å². The van der Waals surface area contributed by atoms with E-state index in [1.165, 1.54) is 22.2 Å². The van der Waals surface area contributed by atoms with Gasteiger partial charge in [-0.3, -0.25) is 0 Å². The fraction of sp³-hybridized carbons (Fsp3) is 0.208. The minimum absolute atomic E-state index is 0.635. The standard InChI is InChI=1S/C24H25N3O/c1-19-16-22-12-13-25-24(26-17-20-8-4-2-5-9-20)23(22)27(19)14-15-28-18-21-10-6-3-7-11-21/h2-13,16H,14-15,17-18H2,1H3,(H,25,26). The van der Waals surface area contributed by atoms with Gasteiger partial charge in [-0.25, -0.2) is 4.98 Å². The van der Waals surface area contributed by atoms with Crippen LogP contribution in [0, 0.1) is 6.92 Å². The maximum Gasteiger partial charge on any atom is 0.150 e. The maximum absolute atomic E-state index is 5.90. The van der Waals surface area contributed by atoms with Crippen molar-refractivity contribution in [3.05, 3.63) is 95.8 Å². The first-order valence-corrected chi connectivity index (χ1v) is 9.65. The van der Waals surface area contributed by atoms with Crippen molar-refractivity contribution in [3.8, 4) is 0 Å². The van der Waals surface area contributed by atoms with Gasteiger partial charge in [-0.15, -0.1) is 0 Å². The van der Waals surface area contributed by atoms with E-state index in [1.54, 1.807) is 0 Å². The Morgan fingerprint density at radius 3 is 2.39 bits per heavy atom. The third-order valence-corrected chi connectivity index (χ3v) is 4.89. The molecule has 2 aromatic carbocycles. The normalized spacial score (nSPS) is 11.0. The first kappa shape index (κ1) is 18.3. The Morgan fingerprint density at radius 2 is 1.64 bits per heavy atom. The van der Waals surface area contributed by atoms with Crippen LogP contribution in [0.2, 0.25) is 0 Å². The molecular formula is C24H25N3O. The second-order valence-electron chi connectivity index (χ2n) is 6.91. The lowest BCUT2D eigenvalue weighted by molar-refractivity contribution is 0.113. The van der Waals surface area contributed by atoms with Gasteiger partial charge in [0.05, 0.1) is 18.7 Å².